The summed E-state index contributed by atoms with van der Waals surface area (Å²) in [6.07, 6.45) is 11.5. The molecule has 340 valence electrons. The number of likely N-dealkylation sites (tertiary alicyclic amines) is 1. The highest BCUT2D eigenvalue weighted by atomic mass is 35.5. The number of anilines is 2. The van der Waals surface area contributed by atoms with E-state index in [1.54, 1.807) is 43.6 Å². The zero-order chi connectivity index (χ0) is 45.5. The number of hydrogen-bond donors (Lipinski definition) is 3. The van der Waals surface area contributed by atoms with Gasteiger partial charge in [0.05, 0.1) is 28.4 Å². The molecule has 3 unspecified atom stereocenters. The number of aromatic nitrogens is 3. The number of nitrogens with two attached hydrogens (primary N) is 1. The van der Waals surface area contributed by atoms with Gasteiger partial charge in [0, 0.05) is 72.3 Å². The van der Waals surface area contributed by atoms with E-state index < -0.39 is 52.8 Å². The predicted molar refractivity (Wildman–Crippen MR) is 242 cm³/mol. The fraction of sp³-hybridized carbons (Fsp3) is 0.444. The van der Waals surface area contributed by atoms with E-state index in [0.29, 0.717) is 54.6 Å². The van der Waals surface area contributed by atoms with Crippen molar-refractivity contribution in [1.29, 1.82) is 0 Å². The molecule has 2 fully saturated rings. The van der Waals surface area contributed by atoms with Crippen molar-refractivity contribution in [2.75, 3.05) is 42.2 Å². The summed E-state index contributed by atoms with van der Waals surface area (Å²) < 4.78 is 34.8. The van der Waals surface area contributed by atoms with Crippen LogP contribution < -0.4 is 21.1 Å². The maximum atomic E-state index is 14.1. The van der Waals surface area contributed by atoms with Crippen LogP contribution in [0.2, 0.25) is 10.0 Å². The molecule has 15 nitrogen and oxygen atoms in total. The van der Waals surface area contributed by atoms with E-state index in [9.17, 15) is 32.9 Å². The Hall–Kier alpha value is -5.23. The normalized spacial score (nSPS) is 17.7. The number of unbranched alkanes of at least 4 members (excludes halogenated alkanes) is 4. The van der Waals surface area contributed by atoms with Crippen molar-refractivity contribution in [1.82, 2.24) is 29.9 Å². The van der Waals surface area contributed by atoms with Crippen LogP contribution in [0.25, 0.3) is 11.1 Å². The molecule has 5 heterocycles. The summed E-state index contributed by atoms with van der Waals surface area (Å²) in [5.74, 6) is -0.980. The first-order valence-corrected chi connectivity index (χ1v) is 23.9. The number of rotatable bonds is 19. The Kier molecular flexibility index (Phi) is 15.5. The minimum Gasteiger partial charge on any atom is -0.616 e. The van der Waals surface area contributed by atoms with Crippen molar-refractivity contribution in [3.63, 3.8) is 0 Å². The largest absolute Gasteiger partial charge is 0.616 e. The average Bonchev–Trinajstić information content (AvgIpc) is 3.87. The molecule has 5 amide bonds. The lowest BCUT2D eigenvalue weighted by molar-refractivity contribution is -0.136. The van der Waals surface area contributed by atoms with Gasteiger partial charge >= 0.3 is 0 Å². The standard InChI is InChI=1S/C45H51Cl2FN8O7S/c1-27(39-32(46)12-13-33(48)41(39)47)63-36-23-28(24-51-42(36)49)29-25-52-55(26-29)30-16-19-54(20-17-30)38(58)11-4-2-6-21-64(62)22-7-3-5-18-50-34-10-8-9-31-40(34)45(61)56(44(31)60)35-14-15-37(57)53-43(35)59/h8-10,12-13,23-27,30,35,50H,2-7,11,14-22H2,1H3,(H2,49,51)(H,53,57,59). The number of hydrogen-bond acceptors (Lipinski definition) is 11. The molecule has 3 atom stereocenters. The molecule has 3 aliphatic rings. The number of piperidine rings is 2. The molecule has 0 bridgehead atoms. The zero-order valence-electron chi connectivity index (χ0n) is 35.5. The molecule has 0 saturated carbocycles. The van der Waals surface area contributed by atoms with Crippen LogP contribution in [0.5, 0.6) is 5.75 Å². The number of ether oxygens (including phenoxy) is 1. The minimum absolute atomic E-state index is 0.0596. The summed E-state index contributed by atoms with van der Waals surface area (Å²) in [6.45, 7) is 3.52. The highest BCUT2D eigenvalue weighted by Crippen LogP contribution is 2.38. The lowest BCUT2D eigenvalue weighted by atomic mass is 10.0. The summed E-state index contributed by atoms with van der Waals surface area (Å²) in [6, 6.07) is 8.46. The molecule has 0 spiro atoms. The Morgan fingerprint density at radius 3 is 2.50 bits per heavy atom. The second-order valence-electron chi connectivity index (χ2n) is 16.3. The highest BCUT2D eigenvalue weighted by Gasteiger charge is 2.45. The van der Waals surface area contributed by atoms with Gasteiger partial charge < -0.3 is 25.2 Å². The number of carbonyl (C=O) groups is 5. The predicted octanol–water partition coefficient (Wildman–Crippen LogP) is 7.27. The molecule has 0 radical (unpaired) electrons. The first-order valence-electron chi connectivity index (χ1n) is 21.6. The van der Waals surface area contributed by atoms with Crippen LogP contribution in [0.4, 0.5) is 15.9 Å². The van der Waals surface area contributed by atoms with Gasteiger partial charge in [0.15, 0.2) is 11.6 Å². The molecule has 3 aliphatic heterocycles. The first kappa shape index (κ1) is 46.8. The third-order valence-electron chi connectivity index (χ3n) is 11.9. The van der Waals surface area contributed by atoms with Crippen LogP contribution in [0.1, 0.15) is 116 Å². The fourth-order valence-electron chi connectivity index (χ4n) is 8.37. The Balaban J connectivity index is 0.759. The van der Waals surface area contributed by atoms with Crippen LogP contribution >= 0.6 is 23.2 Å². The lowest BCUT2D eigenvalue weighted by Gasteiger charge is -2.32. The Morgan fingerprint density at radius 1 is 1.00 bits per heavy atom. The summed E-state index contributed by atoms with van der Waals surface area (Å²) >= 11 is 11.5. The number of nitrogens with zero attached hydrogens (tertiary/aromatic N) is 5. The van der Waals surface area contributed by atoms with Crippen molar-refractivity contribution in [3.8, 4) is 16.9 Å². The highest BCUT2D eigenvalue weighted by molar-refractivity contribution is 7.91. The molecule has 19 heteroatoms. The zero-order valence-corrected chi connectivity index (χ0v) is 37.8. The molecule has 2 aromatic carbocycles. The number of halogens is 3. The summed E-state index contributed by atoms with van der Waals surface area (Å²) in [5.41, 5.74) is 8.97. The first-order chi connectivity index (χ1) is 30.8. The van der Waals surface area contributed by atoms with Crippen LogP contribution in [-0.4, -0.2) is 95.8 Å². The van der Waals surface area contributed by atoms with Gasteiger partial charge in [-0.25, -0.2) is 9.37 Å². The second-order valence-corrected chi connectivity index (χ2v) is 18.7. The van der Waals surface area contributed by atoms with Gasteiger partial charge in [0.2, 0.25) is 17.7 Å². The number of nitrogen functional groups attached to an aromatic ring is 1. The van der Waals surface area contributed by atoms with Gasteiger partial charge in [-0.15, -0.1) is 0 Å². The number of nitrogens with one attached hydrogen (secondary N) is 2. The molecule has 2 aromatic heterocycles. The molecular weight excluding hydrogens is 887 g/mol. The van der Waals surface area contributed by atoms with Crippen LogP contribution in [0.15, 0.2) is 55.0 Å². The van der Waals surface area contributed by atoms with Crippen molar-refractivity contribution < 1.29 is 37.7 Å². The van der Waals surface area contributed by atoms with Gasteiger partial charge in [-0.3, -0.25) is 38.9 Å². The minimum atomic E-state index is -1.02. The van der Waals surface area contributed by atoms with E-state index >= 15 is 0 Å². The maximum Gasteiger partial charge on any atom is 0.264 e. The third kappa shape index (κ3) is 10.8. The average molecular weight is 938 g/mol. The maximum absolute atomic E-state index is 14.1. The fourth-order valence-corrected chi connectivity index (χ4v) is 10.3. The number of carbonyl (C=O) groups excluding carboxylic acids is 5. The molecule has 0 aliphatic carbocycles. The molecular formula is C45H51Cl2FN8O7S. The Morgan fingerprint density at radius 2 is 1.75 bits per heavy atom. The van der Waals surface area contributed by atoms with E-state index in [4.69, 9.17) is 33.7 Å². The van der Waals surface area contributed by atoms with Crippen molar-refractivity contribution in [3.05, 3.63) is 87.5 Å². The number of amides is 5. The third-order valence-corrected chi connectivity index (χ3v) is 14.1. The van der Waals surface area contributed by atoms with Gasteiger partial charge in [-0.05, 0) is 95.0 Å². The van der Waals surface area contributed by atoms with E-state index in [0.717, 1.165) is 67.4 Å². The Labute approximate surface area is 383 Å². The molecule has 4 aromatic rings. The van der Waals surface area contributed by atoms with E-state index in [1.807, 2.05) is 15.8 Å². The topological polar surface area (TPSA) is 205 Å². The van der Waals surface area contributed by atoms with Crippen molar-refractivity contribution in [2.45, 2.75) is 95.7 Å². The number of pyridine rings is 1. The Bertz CT molecular complexity index is 2400. The molecule has 2 saturated heterocycles. The summed E-state index contributed by atoms with van der Waals surface area (Å²) in [5, 5.41) is 10.2. The van der Waals surface area contributed by atoms with E-state index in [-0.39, 0.29) is 51.8 Å². The monoisotopic (exact) mass is 936 g/mol. The van der Waals surface area contributed by atoms with E-state index in [1.165, 1.54) is 12.1 Å². The van der Waals surface area contributed by atoms with Crippen LogP contribution in [0, 0.1) is 5.82 Å². The van der Waals surface area contributed by atoms with Gasteiger partial charge in [-0.2, -0.15) is 5.10 Å². The second kappa shape index (κ2) is 21.2. The molecule has 4 N–H and O–H groups in total. The SMILES string of the molecule is CC(Oc1cc(-c2cnn(C3CCN(C(=O)CCCCC[S+]([O-])CCCCCNc4cccc5c4C(=O)N(C4CCC(=O)NC4=O)C5=O)CC3)c2)cnc1N)c1c(Cl)ccc(F)c1Cl. The van der Waals surface area contributed by atoms with Crippen molar-refractivity contribution >= 4 is 75.4 Å². The van der Waals surface area contributed by atoms with Gasteiger partial charge in [-0.1, -0.05) is 40.4 Å². The van der Waals surface area contributed by atoms with Crippen LogP contribution in [0.3, 0.4) is 0 Å². The quantitative estimate of drug-likeness (QED) is 0.0369. The smallest absolute Gasteiger partial charge is 0.264 e. The number of imide groups is 2. The van der Waals surface area contributed by atoms with Gasteiger partial charge in [0.1, 0.15) is 29.5 Å². The number of fused-ring (bicyclic) bond motifs is 1. The van der Waals surface area contributed by atoms with E-state index in [2.05, 4.69) is 20.7 Å². The van der Waals surface area contributed by atoms with Crippen molar-refractivity contribution in [2.24, 2.45) is 0 Å². The number of benzene rings is 2. The van der Waals surface area contributed by atoms with Gasteiger partial charge in [0.25, 0.3) is 11.8 Å². The lowest BCUT2D eigenvalue weighted by Crippen LogP contribution is -2.54. The summed E-state index contributed by atoms with van der Waals surface area (Å²) in [7, 11) is 0. The molecule has 7 rings (SSSR count). The molecule has 64 heavy (non-hydrogen) atoms. The van der Waals surface area contributed by atoms with Crippen LogP contribution in [-0.2, 0) is 25.6 Å². The summed E-state index contributed by atoms with van der Waals surface area (Å²) in [4.78, 5) is 70.5.